The van der Waals surface area contributed by atoms with Crippen LogP contribution in [-0.2, 0) is 11.3 Å². The SMILES string of the molecule is O=C(COc1ccccc1)N(c1cccc(F)c1)C1CCN(Cc2ccccc2Br)CC1. The quantitative estimate of drug-likeness (QED) is 0.422. The predicted molar refractivity (Wildman–Crippen MR) is 128 cm³/mol. The van der Waals surface area contributed by atoms with Crippen LogP contribution in [0.1, 0.15) is 18.4 Å². The third-order valence-electron chi connectivity index (χ3n) is 5.73. The average molecular weight is 497 g/mol. The van der Waals surface area contributed by atoms with Crippen LogP contribution in [0.3, 0.4) is 0 Å². The minimum Gasteiger partial charge on any atom is -0.484 e. The van der Waals surface area contributed by atoms with Gasteiger partial charge in [0.15, 0.2) is 6.61 Å². The lowest BCUT2D eigenvalue weighted by atomic mass is 10.0. The Kier molecular flexibility index (Phi) is 7.55. The number of anilines is 1. The monoisotopic (exact) mass is 496 g/mol. The first-order chi connectivity index (χ1) is 15.6. The Balaban J connectivity index is 1.44. The lowest BCUT2D eigenvalue weighted by Crippen LogP contribution is -2.49. The first-order valence-corrected chi connectivity index (χ1v) is 11.6. The van der Waals surface area contributed by atoms with E-state index in [-0.39, 0.29) is 24.4 Å². The number of hydrogen-bond acceptors (Lipinski definition) is 3. The molecular formula is C26H26BrFN2O2. The standard InChI is InChI=1S/C26H26BrFN2O2/c27-25-12-5-4-7-20(25)18-29-15-13-22(14-16-29)30(23-9-6-8-21(28)17-23)26(31)19-32-24-10-2-1-3-11-24/h1-12,17,22H,13-16,18-19H2. The summed E-state index contributed by atoms with van der Waals surface area (Å²) in [4.78, 5) is 17.3. The number of halogens is 2. The summed E-state index contributed by atoms with van der Waals surface area (Å²) >= 11 is 3.62. The fraction of sp³-hybridized carbons (Fsp3) is 0.269. The van der Waals surface area contributed by atoms with Gasteiger partial charge in [-0.05, 0) is 54.8 Å². The van der Waals surface area contributed by atoms with Gasteiger partial charge in [-0.2, -0.15) is 0 Å². The van der Waals surface area contributed by atoms with Crippen molar-refractivity contribution >= 4 is 27.5 Å². The van der Waals surface area contributed by atoms with E-state index >= 15 is 0 Å². The van der Waals surface area contributed by atoms with Crippen molar-refractivity contribution < 1.29 is 13.9 Å². The lowest BCUT2D eigenvalue weighted by Gasteiger charge is -2.38. The van der Waals surface area contributed by atoms with Crippen LogP contribution in [0.2, 0.25) is 0 Å². The van der Waals surface area contributed by atoms with Crippen molar-refractivity contribution in [2.45, 2.75) is 25.4 Å². The molecule has 3 aromatic rings. The molecule has 0 bridgehead atoms. The number of likely N-dealkylation sites (tertiary alicyclic amines) is 1. The summed E-state index contributed by atoms with van der Waals surface area (Å²) in [6.07, 6.45) is 1.64. The van der Waals surface area contributed by atoms with Crippen LogP contribution in [-0.4, -0.2) is 36.5 Å². The highest BCUT2D eigenvalue weighted by molar-refractivity contribution is 9.10. The zero-order chi connectivity index (χ0) is 22.3. The fourth-order valence-corrected chi connectivity index (χ4v) is 4.53. The van der Waals surface area contributed by atoms with E-state index in [2.05, 4.69) is 33.0 Å². The first-order valence-electron chi connectivity index (χ1n) is 10.8. The molecule has 3 aromatic carbocycles. The number of rotatable bonds is 7. The van der Waals surface area contributed by atoms with E-state index in [1.165, 1.54) is 17.7 Å². The number of nitrogens with zero attached hydrogens (tertiary/aromatic N) is 2. The van der Waals surface area contributed by atoms with Gasteiger partial charge in [0.2, 0.25) is 0 Å². The Morgan fingerprint density at radius 3 is 2.44 bits per heavy atom. The average Bonchev–Trinajstić information content (AvgIpc) is 2.81. The van der Waals surface area contributed by atoms with Crippen LogP contribution in [0, 0.1) is 5.82 Å². The van der Waals surface area contributed by atoms with Gasteiger partial charge in [-0.25, -0.2) is 4.39 Å². The Morgan fingerprint density at radius 2 is 1.72 bits per heavy atom. The second kappa shape index (κ2) is 10.7. The summed E-state index contributed by atoms with van der Waals surface area (Å²) in [6, 6.07) is 23.8. The van der Waals surface area contributed by atoms with E-state index in [1.54, 1.807) is 17.0 Å². The number of carbonyl (C=O) groups excluding carboxylic acids is 1. The van der Waals surface area contributed by atoms with Gasteiger partial charge in [-0.3, -0.25) is 9.69 Å². The molecule has 1 fully saturated rings. The van der Waals surface area contributed by atoms with Crippen LogP contribution in [0.4, 0.5) is 10.1 Å². The van der Waals surface area contributed by atoms with E-state index < -0.39 is 0 Å². The summed E-state index contributed by atoms with van der Waals surface area (Å²) in [6.45, 7) is 2.51. The molecule has 0 N–H and O–H groups in total. The van der Waals surface area contributed by atoms with Crippen LogP contribution in [0.15, 0.2) is 83.3 Å². The highest BCUT2D eigenvalue weighted by Crippen LogP contribution is 2.27. The van der Waals surface area contributed by atoms with Gasteiger partial charge in [0.05, 0.1) is 0 Å². The van der Waals surface area contributed by atoms with Gasteiger partial charge in [-0.15, -0.1) is 0 Å². The Morgan fingerprint density at radius 1 is 1.00 bits per heavy atom. The zero-order valence-electron chi connectivity index (χ0n) is 17.8. The summed E-state index contributed by atoms with van der Waals surface area (Å²) in [5, 5.41) is 0. The molecule has 1 aliphatic rings. The first kappa shape index (κ1) is 22.5. The molecule has 0 atom stereocenters. The number of piperidine rings is 1. The number of carbonyl (C=O) groups is 1. The number of ether oxygens (including phenoxy) is 1. The van der Waals surface area contributed by atoms with Gasteiger partial charge in [-0.1, -0.05) is 58.4 Å². The van der Waals surface area contributed by atoms with Crippen molar-refractivity contribution in [2.24, 2.45) is 0 Å². The Bertz CT molecular complexity index is 1040. The van der Waals surface area contributed by atoms with Crippen molar-refractivity contribution in [1.82, 2.24) is 4.90 Å². The van der Waals surface area contributed by atoms with E-state index in [1.807, 2.05) is 42.5 Å². The molecule has 4 nitrogen and oxygen atoms in total. The molecule has 0 spiro atoms. The molecule has 6 heteroatoms. The van der Waals surface area contributed by atoms with Crippen molar-refractivity contribution in [3.05, 3.63) is 94.7 Å². The lowest BCUT2D eigenvalue weighted by molar-refractivity contribution is -0.121. The predicted octanol–water partition coefficient (Wildman–Crippen LogP) is 5.66. The smallest absolute Gasteiger partial charge is 0.265 e. The number of benzene rings is 3. The van der Waals surface area contributed by atoms with Crippen molar-refractivity contribution in [3.8, 4) is 5.75 Å². The van der Waals surface area contributed by atoms with Crippen LogP contribution in [0.25, 0.3) is 0 Å². The zero-order valence-corrected chi connectivity index (χ0v) is 19.4. The van der Waals surface area contributed by atoms with Crippen molar-refractivity contribution in [2.75, 3.05) is 24.6 Å². The van der Waals surface area contributed by atoms with E-state index in [0.29, 0.717) is 11.4 Å². The summed E-state index contributed by atoms with van der Waals surface area (Å²) < 4.78 is 20.8. The highest BCUT2D eigenvalue weighted by atomic mass is 79.9. The minimum absolute atomic E-state index is 0.000799. The molecule has 166 valence electrons. The second-order valence-electron chi connectivity index (χ2n) is 7.94. The maximum absolute atomic E-state index is 14.0. The Labute approximate surface area is 196 Å². The molecular weight excluding hydrogens is 471 g/mol. The maximum atomic E-state index is 14.0. The van der Waals surface area contributed by atoms with Gasteiger partial charge >= 0.3 is 0 Å². The molecule has 0 radical (unpaired) electrons. The van der Waals surface area contributed by atoms with Crippen LogP contribution >= 0.6 is 15.9 Å². The largest absolute Gasteiger partial charge is 0.484 e. The van der Waals surface area contributed by atoms with Gasteiger partial charge in [0.25, 0.3) is 5.91 Å². The minimum atomic E-state index is -0.351. The van der Waals surface area contributed by atoms with Gasteiger partial charge in [0.1, 0.15) is 11.6 Å². The van der Waals surface area contributed by atoms with Crippen LogP contribution < -0.4 is 9.64 Å². The number of para-hydroxylation sites is 1. The summed E-state index contributed by atoms with van der Waals surface area (Å²) in [5.41, 5.74) is 1.83. The fourth-order valence-electron chi connectivity index (χ4n) is 4.12. The molecule has 0 unspecified atom stereocenters. The molecule has 1 aliphatic heterocycles. The maximum Gasteiger partial charge on any atom is 0.265 e. The summed E-state index contributed by atoms with van der Waals surface area (Å²) in [7, 11) is 0. The third-order valence-corrected chi connectivity index (χ3v) is 6.51. The molecule has 1 heterocycles. The van der Waals surface area contributed by atoms with Gasteiger partial charge < -0.3 is 9.64 Å². The molecule has 0 aromatic heterocycles. The molecule has 0 aliphatic carbocycles. The van der Waals surface area contributed by atoms with Gasteiger partial charge in [0, 0.05) is 35.8 Å². The van der Waals surface area contributed by atoms with E-state index in [0.717, 1.165) is 36.9 Å². The van der Waals surface area contributed by atoms with E-state index in [9.17, 15) is 9.18 Å². The number of hydrogen-bond donors (Lipinski definition) is 0. The Hall–Kier alpha value is -2.70. The second-order valence-corrected chi connectivity index (χ2v) is 8.80. The topological polar surface area (TPSA) is 32.8 Å². The third kappa shape index (κ3) is 5.75. The summed E-state index contributed by atoms with van der Waals surface area (Å²) in [5.74, 6) is 0.127. The molecule has 0 saturated carbocycles. The normalized spacial score (nSPS) is 14.8. The van der Waals surface area contributed by atoms with Crippen molar-refractivity contribution in [1.29, 1.82) is 0 Å². The molecule has 32 heavy (non-hydrogen) atoms. The van der Waals surface area contributed by atoms with Crippen molar-refractivity contribution in [3.63, 3.8) is 0 Å². The number of amides is 1. The molecule has 1 saturated heterocycles. The molecule has 1 amide bonds. The van der Waals surface area contributed by atoms with Crippen LogP contribution in [0.5, 0.6) is 5.75 Å². The highest BCUT2D eigenvalue weighted by Gasteiger charge is 2.30. The van der Waals surface area contributed by atoms with E-state index in [4.69, 9.17) is 4.74 Å². The molecule has 4 rings (SSSR count).